The molecular formula is C26H31N5OS. The second-order valence-electron chi connectivity index (χ2n) is 8.91. The number of para-hydroxylation sites is 1. The molecule has 0 amide bonds. The lowest BCUT2D eigenvalue weighted by Gasteiger charge is -2.18. The largest absolute Gasteiger partial charge is 0.376 e. The number of rotatable bonds is 9. The zero-order chi connectivity index (χ0) is 22.6. The SMILES string of the molecule is Cc1ccccc1CSc1nnc(CN(C)Cc2cc3ccccc3[nH]2)n1C[C@H]1CCCO1. The van der Waals surface area contributed by atoms with E-state index in [-0.39, 0.29) is 6.10 Å². The molecule has 0 radical (unpaired) electrons. The molecule has 0 aliphatic carbocycles. The Morgan fingerprint density at radius 2 is 1.97 bits per heavy atom. The summed E-state index contributed by atoms with van der Waals surface area (Å²) in [4.78, 5) is 5.81. The van der Waals surface area contributed by atoms with Gasteiger partial charge in [-0.05, 0) is 55.5 Å². The number of hydrogen-bond donors (Lipinski definition) is 1. The van der Waals surface area contributed by atoms with Crippen LogP contribution in [0, 0.1) is 6.92 Å². The van der Waals surface area contributed by atoms with Crippen LogP contribution in [0.5, 0.6) is 0 Å². The molecule has 0 bridgehead atoms. The van der Waals surface area contributed by atoms with Crippen LogP contribution in [0.3, 0.4) is 0 Å². The summed E-state index contributed by atoms with van der Waals surface area (Å²) in [7, 11) is 2.14. The highest BCUT2D eigenvalue weighted by Gasteiger charge is 2.22. The zero-order valence-electron chi connectivity index (χ0n) is 19.3. The average molecular weight is 462 g/mol. The van der Waals surface area contributed by atoms with E-state index in [0.29, 0.717) is 0 Å². The summed E-state index contributed by atoms with van der Waals surface area (Å²) in [6.45, 7) is 5.40. The van der Waals surface area contributed by atoms with Gasteiger partial charge in [0.05, 0.1) is 19.2 Å². The fourth-order valence-corrected chi connectivity index (χ4v) is 5.48. The summed E-state index contributed by atoms with van der Waals surface area (Å²) in [5.74, 6) is 1.89. The molecule has 1 fully saturated rings. The number of H-pyrrole nitrogens is 1. The van der Waals surface area contributed by atoms with Gasteiger partial charge in [-0.3, -0.25) is 4.90 Å². The first-order chi connectivity index (χ1) is 16.2. The van der Waals surface area contributed by atoms with E-state index in [1.165, 1.54) is 27.7 Å². The van der Waals surface area contributed by atoms with Crippen molar-refractivity contribution in [3.05, 3.63) is 77.2 Å². The second kappa shape index (κ2) is 10.1. The molecule has 2 aromatic heterocycles. The maximum atomic E-state index is 5.95. The fraction of sp³-hybridized carbons (Fsp3) is 0.385. The summed E-state index contributed by atoms with van der Waals surface area (Å²) in [6.07, 6.45) is 2.48. The van der Waals surface area contributed by atoms with Crippen molar-refractivity contribution in [1.29, 1.82) is 0 Å². The van der Waals surface area contributed by atoms with Crippen LogP contribution in [0.25, 0.3) is 10.9 Å². The van der Waals surface area contributed by atoms with Gasteiger partial charge in [0.2, 0.25) is 0 Å². The van der Waals surface area contributed by atoms with E-state index in [1.54, 1.807) is 11.8 Å². The van der Waals surface area contributed by atoms with Crippen LogP contribution in [-0.2, 0) is 30.1 Å². The Labute approximate surface area is 199 Å². The number of aromatic amines is 1. The number of benzene rings is 2. The third-order valence-electron chi connectivity index (χ3n) is 6.26. The molecule has 2 aromatic carbocycles. The van der Waals surface area contributed by atoms with Gasteiger partial charge >= 0.3 is 0 Å². The molecule has 3 heterocycles. The molecule has 0 saturated carbocycles. The molecule has 0 unspecified atom stereocenters. The summed E-state index contributed by atoms with van der Waals surface area (Å²) in [5, 5.41) is 11.4. The maximum absolute atomic E-state index is 5.95. The highest BCUT2D eigenvalue weighted by molar-refractivity contribution is 7.98. The highest BCUT2D eigenvalue weighted by Crippen LogP contribution is 2.26. The van der Waals surface area contributed by atoms with Gasteiger partial charge in [0.1, 0.15) is 5.82 Å². The molecule has 1 N–H and O–H groups in total. The average Bonchev–Trinajstić information content (AvgIpc) is 3.54. The Balaban J connectivity index is 1.31. The first kappa shape index (κ1) is 22.2. The number of aryl methyl sites for hydroxylation is 1. The van der Waals surface area contributed by atoms with Crippen LogP contribution in [0.4, 0.5) is 0 Å². The Hall–Kier alpha value is -2.61. The van der Waals surface area contributed by atoms with Crippen LogP contribution in [0.1, 0.15) is 35.5 Å². The highest BCUT2D eigenvalue weighted by atomic mass is 32.2. The standard InChI is InChI=1S/C26H31N5OS/c1-19-8-3-4-10-21(19)18-33-26-29-28-25(31(26)16-23-11-7-13-32-23)17-30(2)15-22-14-20-9-5-6-12-24(20)27-22/h3-6,8-10,12,14,23,27H,7,11,13,15-18H2,1-2H3/t23-/m1/s1. The van der Waals surface area contributed by atoms with Gasteiger partial charge in [-0.15, -0.1) is 10.2 Å². The van der Waals surface area contributed by atoms with E-state index in [9.17, 15) is 0 Å². The lowest BCUT2D eigenvalue weighted by Crippen LogP contribution is -2.23. The number of fused-ring (bicyclic) bond motifs is 1. The van der Waals surface area contributed by atoms with Crippen LogP contribution in [0.15, 0.2) is 59.8 Å². The van der Waals surface area contributed by atoms with Crippen LogP contribution < -0.4 is 0 Å². The monoisotopic (exact) mass is 461 g/mol. The minimum Gasteiger partial charge on any atom is -0.376 e. The van der Waals surface area contributed by atoms with Crippen LogP contribution in [-0.4, -0.2) is 44.4 Å². The van der Waals surface area contributed by atoms with Crippen LogP contribution >= 0.6 is 11.8 Å². The minimum absolute atomic E-state index is 0.247. The molecule has 5 rings (SSSR count). The molecule has 7 heteroatoms. The predicted octanol–water partition coefficient (Wildman–Crippen LogP) is 5.17. The molecule has 1 aliphatic rings. The molecule has 1 saturated heterocycles. The molecule has 33 heavy (non-hydrogen) atoms. The number of aromatic nitrogens is 4. The van der Waals surface area contributed by atoms with E-state index in [2.05, 4.69) is 93.2 Å². The molecular weight excluding hydrogens is 430 g/mol. The Kier molecular flexibility index (Phi) is 6.80. The lowest BCUT2D eigenvalue weighted by atomic mass is 10.1. The van der Waals surface area contributed by atoms with Crippen molar-refractivity contribution in [3.8, 4) is 0 Å². The number of hydrogen-bond acceptors (Lipinski definition) is 5. The molecule has 0 spiro atoms. The van der Waals surface area contributed by atoms with Crippen LogP contribution in [0.2, 0.25) is 0 Å². The van der Waals surface area contributed by atoms with Gasteiger partial charge in [-0.2, -0.15) is 0 Å². The first-order valence-electron chi connectivity index (χ1n) is 11.6. The Morgan fingerprint density at radius 3 is 2.79 bits per heavy atom. The smallest absolute Gasteiger partial charge is 0.191 e. The molecule has 4 aromatic rings. The van der Waals surface area contributed by atoms with E-state index in [0.717, 1.165) is 55.8 Å². The van der Waals surface area contributed by atoms with Gasteiger partial charge in [0.25, 0.3) is 0 Å². The normalized spacial score (nSPS) is 16.3. The van der Waals surface area contributed by atoms with Crippen molar-refractivity contribution < 1.29 is 4.74 Å². The predicted molar refractivity (Wildman–Crippen MR) is 133 cm³/mol. The molecule has 1 atom stereocenters. The number of nitrogens with one attached hydrogen (secondary N) is 1. The molecule has 6 nitrogen and oxygen atoms in total. The third kappa shape index (κ3) is 5.32. The minimum atomic E-state index is 0.247. The lowest BCUT2D eigenvalue weighted by molar-refractivity contribution is 0.0934. The van der Waals surface area contributed by atoms with Crippen molar-refractivity contribution in [2.75, 3.05) is 13.7 Å². The van der Waals surface area contributed by atoms with Gasteiger partial charge in [0, 0.05) is 30.1 Å². The van der Waals surface area contributed by atoms with E-state index in [1.807, 2.05) is 0 Å². The number of nitrogens with zero attached hydrogens (tertiary/aromatic N) is 4. The van der Waals surface area contributed by atoms with Gasteiger partial charge in [0.15, 0.2) is 5.16 Å². The maximum Gasteiger partial charge on any atom is 0.191 e. The summed E-state index contributed by atoms with van der Waals surface area (Å²) in [5.41, 5.74) is 5.04. The number of thioether (sulfide) groups is 1. The second-order valence-corrected chi connectivity index (χ2v) is 9.86. The third-order valence-corrected chi connectivity index (χ3v) is 7.27. The topological polar surface area (TPSA) is 59.0 Å². The Bertz CT molecular complexity index is 1180. The van der Waals surface area contributed by atoms with Crippen molar-refractivity contribution in [2.45, 2.75) is 56.4 Å². The molecule has 1 aliphatic heterocycles. The summed E-state index contributed by atoms with van der Waals surface area (Å²) < 4.78 is 8.23. The van der Waals surface area contributed by atoms with Gasteiger partial charge < -0.3 is 14.3 Å². The van der Waals surface area contributed by atoms with E-state index >= 15 is 0 Å². The quantitative estimate of drug-likeness (QED) is 0.349. The molecule has 172 valence electrons. The number of ether oxygens (including phenoxy) is 1. The Morgan fingerprint density at radius 1 is 1.12 bits per heavy atom. The van der Waals surface area contributed by atoms with Crippen molar-refractivity contribution in [3.63, 3.8) is 0 Å². The van der Waals surface area contributed by atoms with Crippen molar-refractivity contribution in [2.24, 2.45) is 0 Å². The summed E-state index contributed by atoms with van der Waals surface area (Å²) in [6, 6.07) is 19.2. The first-order valence-corrected chi connectivity index (χ1v) is 12.6. The summed E-state index contributed by atoms with van der Waals surface area (Å²) >= 11 is 1.76. The fourth-order valence-electron chi connectivity index (χ4n) is 4.44. The van der Waals surface area contributed by atoms with E-state index < -0.39 is 0 Å². The zero-order valence-corrected chi connectivity index (χ0v) is 20.1. The van der Waals surface area contributed by atoms with E-state index in [4.69, 9.17) is 4.74 Å². The van der Waals surface area contributed by atoms with Gasteiger partial charge in [-0.1, -0.05) is 54.2 Å². The van der Waals surface area contributed by atoms with Gasteiger partial charge in [-0.25, -0.2) is 0 Å². The van der Waals surface area contributed by atoms with Crippen molar-refractivity contribution in [1.82, 2.24) is 24.6 Å². The van der Waals surface area contributed by atoms with Crippen molar-refractivity contribution >= 4 is 22.7 Å².